The quantitative estimate of drug-likeness (QED) is 0.646. The molecule has 3 N–H and O–H groups in total. The first-order valence-corrected chi connectivity index (χ1v) is 8.79. The summed E-state index contributed by atoms with van der Waals surface area (Å²) in [5, 5.41) is 5.03. The Morgan fingerprint density at radius 2 is 1.57 bits per heavy atom. The number of carbonyl (C=O) groups is 3. The number of esters is 1. The van der Waals surface area contributed by atoms with Gasteiger partial charge in [0, 0.05) is 5.56 Å². The normalized spacial score (nSPS) is 11.6. The third-order valence-corrected chi connectivity index (χ3v) is 4.39. The van der Waals surface area contributed by atoms with Crippen LogP contribution in [0.25, 0.3) is 10.8 Å². The van der Waals surface area contributed by atoms with Crippen molar-refractivity contribution in [1.82, 2.24) is 5.32 Å². The van der Waals surface area contributed by atoms with E-state index in [0.717, 1.165) is 16.3 Å². The molecule has 3 aromatic carbocycles. The highest BCUT2D eigenvalue weighted by Crippen LogP contribution is 2.20. The molecule has 0 aliphatic carbocycles. The standard InChI is InChI=1S/C22H20N2O4/c1-14(18-11-6-15-4-2-3-5-19(15)12-18)24-20(25)13-28-22(27)17-9-7-16(8-10-17)21(23)26/h2-12,14H,13H2,1H3,(H2,23,26)(H,24,25). The lowest BCUT2D eigenvalue weighted by Crippen LogP contribution is -2.31. The van der Waals surface area contributed by atoms with Gasteiger partial charge in [-0.3, -0.25) is 9.59 Å². The fourth-order valence-corrected chi connectivity index (χ4v) is 2.83. The Labute approximate surface area is 162 Å². The SMILES string of the molecule is CC(NC(=O)COC(=O)c1ccc(C(N)=O)cc1)c1ccc2ccccc2c1. The van der Waals surface area contributed by atoms with Crippen molar-refractivity contribution >= 4 is 28.6 Å². The Kier molecular flexibility index (Phi) is 5.69. The number of primary amides is 1. The van der Waals surface area contributed by atoms with Crippen molar-refractivity contribution in [2.75, 3.05) is 6.61 Å². The van der Waals surface area contributed by atoms with Gasteiger partial charge in [0.1, 0.15) is 0 Å². The molecule has 3 rings (SSSR count). The molecule has 6 heteroatoms. The van der Waals surface area contributed by atoms with E-state index in [-0.39, 0.29) is 11.6 Å². The average Bonchev–Trinajstić information content (AvgIpc) is 2.71. The Balaban J connectivity index is 1.55. The molecule has 0 spiro atoms. The van der Waals surface area contributed by atoms with Gasteiger partial charge in [-0.1, -0.05) is 36.4 Å². The van der Waals surface area contributed by atoms with Crippen molar-refractivity contribution in [3.8, 4) is 0 Å². The number of hydrogen-bond acceptors (Lipinski definition) is 4. The zero-order chi connectivity index (χ0) is 20.1. The molecule has 6 nitrogen and oxygen atoms in total. The van der Waals surface area contributed by atoms with E-state index in [1.165, 1.54) is 24.3 Å². The first kappa shape index (κ1) is 19.1. The molecule has 0 aliphatic heterocycles. The third kappa shape index (κ3) is 4.54. The minimum absolute atomic E-state index is 0.231. The van der Waals surface area contributed by atoms with Crippen LogP contribution in [0.3, 0.4) is 0 Å². The molecule has 2 amide bonds. The van der Waals surface area contributed by atoms with Crippen LogP contribution in [-0.4, -0.2) is 24.4 Å². The molecule has 0 heterocycles. The average molecular weight is 376 g/mol. The van der Waals surface area contributed by atoms with Crippen molar-refractivity contribution in [3.63, 3.8) is 0 Å². The summed E-state index contributed by atoms with van der Waals surface area (Å²) in [6.07, 6.45) is 0. The predicted molar refractivity (Wildman–Crippen MR) is 106 cm³/mol. The first-order chi connectivity index (χ1) is 13.4. The molecule has 0 fully saturated rings. The summed E-state index contributed by atoms with van der Waals surface area (Å²) >= 11 is 0. The van der Waals surface area contributed by atoms with E-state index < -0.39 is 24.4 Å². The van der Waals surface area contributed by atoms with Crippen LogP contribution in [0.4, 0.5) is 0 Å². The largest absolute Gasteiger partial charge is 0.452 e. The van der Waals surface area contributed by atoms with Crippen LogP contribution in [0.5, 0.6) is 0 Å². The first-order valence-electron chi connectivity index (χ1n) is 8.79. The highest BCUT2D eigenvalue weighted by atomic mass is 16.5. The van der Waals surface area contributed by atoms with Gasteiger partial charge in [-0.2, -0.15) is 0 Å². The van der Waals surface area contributed by atoms with Gasteiger partial charge in [0.25, 0.3) is 5.91 Å². The van der Waals surface area contributed by atoms with E-state index >= 15 is 0 Å². The monoisotopic (exact) mass is 376 g/mol. The van der Waals surface area contributed by atoms with Crippen molar-refractivity contribution in [1.29, 1.82) is 0 Å². The summed E-state index contributed by atoms with van der Waals surface area (Å²) in [6, 6.07) is 19.4. The van der Waals surface area contributed by atoms with Gasteiger partial charge in [-0.05, 0) is 53.6 Å². The second-order valence-corrected chi connectivity index (χ2v) is 6.41. The molecule has 0 saturated carbocycles. The van der Waals surface area contributed by atoms with Gasteiger partial charge < -0.3 is 15.8 Å². The van der Waals surface area contributed by atoms with Crippen LogP contribution in [-0.2, 0) is 9.53 Å². The summed E-state index contributed by atoms with van der Waals surface area (Å²) in [4.78, 5) is 35.2. The second kappa shape index (κ2) is 8.35. The lowest BCUT2D eigenvalue weighted by atomic mass is 10.0. The van der Waals surface area contributed by atoms with Crippen molar-refractivity contribution < 1.29 is 19.1 Å². The minimum Gasteiger partial charge on any atom is -0.452 e. The summed E-state index contributed by atoms with van der Waals surface area (Å²) in [5.74, 6) is -1.63. The van der Waals surface area contributed by atoms with E-state index in [1.54, 1.807) is 0 Å². The van der Waals surface area contributed by atoms with Crippen LogP contribution in [0, 0.1) is 0 Å². The summed E-state index contributed by atoms with van der Waals surface area (Å²) in [6.45, 7) is 1.47. The molecule has 0 aromatic heterocycles. The van der Waals surface area contributed by atoms with Gasteiger partial charge in [0.2, 0.25) is 5.91 Å². The van der Waals surface area contributed by atoms with Gasteiger partial charge in [-0.15, -0.1) is 0 Å². The topological polar surface area (TPSA) is 98.5 Å². The maximum atomic E-state index is 12.1. The van der Waals surface area contributed by atoms with Gasteiger partial charge >= 0.3 is 5.97 Å². The number of rotatable bonds is 6. The highest BCUT2D eigenvalue weighted by Gasteiger charge is 2.14. The Morgan fingerprint density at radius 3 is 2.25 bits per heavy atom. The van der Waals surface area contributed by atoms with E-state index in [2.05, 4.69) is 5.32 Å². The number of hydrogen-bond donors (Lipinski definition) is 2. The summed E-state index contributed by atoms with van der Waals surface area (Å²) in [7, 11) is 0. The molecular formula is C22H20N2O4. The van der Waals surface area contributed by atoms with E-state index in [0.29, 0.717) is 5.56 Å². The number of amides is 2. The molecule has 1 unspecified atom stereocenters. The Hall–Kier alpha value is -3.67. The molecule has 0 radical (unpaired) electrons. The number of carbonyl (C=O) groups excluding carboxylic acids is 3. The number of benzene rings is 3. The molecule has 1 atom stereocenters. The van der Waals surface area contributed by atoms with E-state index in [9.17, 15) is 14.4 Å². The number of fused-ring (bicyclic) bond motifs is 1. The fraction of sp³-hybridized carbons (Fsp3) is 0.136. The second-order valence-electron chi connectivity index (χ2n) is 6.41. The van der Waals surface area contributed by atoms with Crippen LogP contribution >= 0.6 is 0 Å². The molecule has 0 bridgehead atoms. The van der Waals surface area contributed by atoms with Crippen LogP contribution in [0.15, 0.2) is 66.7 Å². The van der Waals surface area contributed by atoms with Crippen molar-refractivity contribution in [2.24, 2.45) is 5.73 Å². The third-order valence-electron chi connectivity index (χ3n) is 4.39. The predicted octanol–water partition coefficient (Wildman–Crippen LogP) is 2.97. The Morgan fingerprint density at radius 1 is 0.929 bits per heavy atom. The summed E-state index contributed by atoms with van der Waals surface area (Å²) in [5.41, 5.74) is 6.64. The maximum absolute atomic E-state index is 12.1. The van der Waals surface area contributed by atoms with Crippen molar-refractivity contribution in [2.45, 2.75) is 13.0 Å². The Bertz CT molecular complexity index is 1030. The molecule has 0 saturated heterocycles. The van der Waals surface area contributed by atoms with Gasteiger partial charge in [0.05, 0.1) is 11.6 Å². The van der Waals surface area contributed by atoms with Crippen LogP contribution < -0.4 is 11.1 Å². The maximum Gasteiger partial charge on any atom is 0.338 e. The molecule has 28 heavy (non-hydrogen) atoms. The van der Waals surface area contributed by atoms with Crippen LogP contribution in [0.2, 0.25) is 0 Å². The minimum atomic E-state index is -0.649. The fourth-order valence-electron chi connectivity index (χ4n) is 2.83. The highest BCUT2D eigenvalue weighted by molar-refractivity contribution is 5.95. The lowest BCUT2D eigenvalue weighted by Gasteiger charge is -2.15. The summed E-state index contributed by atoms with van der Waals surface area (Å²) < 4.78 is 5.03. The van der Waals surface area contributed by atoms with Gasteiger partial charge in [0.15, 0.2) is 6.61 Å². The van der Waals surface area contributed by atoms with Gasteiger partial charge in [-0.25, -0.2) is 4.79 Å². The number of nitrogens with two attached hydrogens (primary N) is 1. The number of ether oxygens (including phenoxy) is 1. The lowest BCUT2D eigenvalue weighted by molar-refractivity contribution is -0.124. The molecule has 142 valence electrons. The van der Waals surface area contributed by atoms with E-state index in [1.807, 2.05) is 49.4 Å². The van der Waals surface area contributed by atoms with E-state index in [4.69, 9.17) is 10.5 Å². The molecule has 0 aliphatic rings. The van der Waals surface area contributed by atoms with Crippen molar-refractivity contribution in [3.05, 3.63) is 83.4 Å². The molecule has 3 aromatic rings. The zero-order valence-corrected chi connectivity index (χ0v) is 15.3. The zero-order valence-electron chi connectivity index (χ0n) is 15.3. The van der Waals surface area contributed by atoms with Crippen LogP contribution in [0.1, 0.15) is 39.2 Å². The number of nitrogens with one attached hydrogen (secondary N) is 1. The molecular weight excluding hydrogens is 356 g/mol. The smallest absolute Gasteiger partial charge is 0.338 e.